The molecule has 0 aliphatic heterocycles. The lowest BCUT2D eigenvalue weighted by Gasteiger charge is -2.07. The number of furan rings is 1. The average molecular weight is 322 g/mol. The Morgan fingerprint density at radius 3 is 2.74 bits per heavy atom. The Balaban J connectivity index is 1.90. The van der Waals surface area contributed by atoms with Crippen LogP contribution in [0.2, 0.25) is 0 Å². The summed E-state index contributed by atoms with van der Waals surface area (Å²) in [6.07, 6.45) is 1.67. The molecule has 2 heterocycles. The quantitative estimate of drug-likeness (QED) is 0.693. The largest absolute Gasteiger partial charge is 0.467 e. The molecule has 0 spiro atoms. The van der Waals surface area contributed by atoms with E-state index in [1.54, 1.807) is 6.26 Å². The molecule has 0 fully saturated rings. The molecule has 0 bridgehead atoms. The molecular formula is C13H12BrN3O2. The van der Waals surface area contributed by atoms with Crippen molar-refractivity contribution in [3.8, 4) is 0 Å². The first-order valence-corrected chi connectivity index (χ1v) is 6.61. The molecule has 98 valence electrons. The molecular weight excluding hydrogens is 310 g/mol. The highest BCUT2D eigenvalue weighted by Crippen LogP contribution is 2.27. The molecule has 0 aliphatic carbocycles. The molecule has 5 nitrogen and oxygen atoms in total. The Hall–Kier alpha value is -1.95. The standard InChI is InChI=1S/C13H12BrN3O2/c1-7-2-3-19-12(7)6-15-9-5-11-10(4-8(9)14)16-13(18)17-11/h2-5,15H,6H2,1H3,(H2,16,17,18). The van der Waals surface area contributed by atoms with E-state index in [9.17, 15) is 4.79 Å². The molecule has 6 heteroatoms. The van der Waals surface area contributed by atoms with Crippen molar-refractivity contribution in [3.63, 3.8) is 0 Å². The summed E-state index contributed by atoms with van der Waals surface area (Å²) < 4.78 is 6.26. The summed E-state index contributed by atoms with van der Waals surface area (Å²) in [7, 11) is 0. The summed E-state index contributed by atoms with van der Waals surface area (Å²) >= 11 is 3.48. The highest BCUT2D eigenvalue weighted by Gasteiger charge is 2.07. The Labute approximate surface area is 117 Å². The van der Waals surface area contributed by atoms with Crippen molar-refractivity contribution in [1.82, 2.24) is 9.97 Å². The van der Waals surface area contributed by atoms with E-state index in [-0.39, 0.29) is 5.69 Å². The number of H-pyrrole nitrogens is 2. The van der Waals surface area contributed by atoms with Crippen LogP contribution in [0.15, 0.2) is 38.1 Å². The minimum absolute atomic E-state index is 0.207. The van der Waals surface area contributed by atoms with Gasteiger partial charge in [0.2, 0.25) is 0 Å². The minimum Gasteiger partial charge on any atom is -0.467 e. The predicted molar refractivity (Wildman–Crippen MR) is 77.4 cm³/mol. The number of hydrogen-bond donors (Lipinski definition) is 3. The van der Waals surface area contributed by atoms with Gasteiger partial charge >= 0.3 is 5.69 Å². The molecule has 0 amide bonds. The van der Waals surface area contributed by atoms with E-state index in [2.05, 4.69) is 31.2 Å². The molecule has 0 unspecified atom stereocenters. The van der Waals surface area contributed by atoms with E-state index in [0.717, 1.165) is 32.5 Å². The fraction of sp³-hybridized carbons (Fsp3) is 0.154. The summed E-state index contributed by atoms with van der Waals surface area (Å²) in [6.45, 7) is 2.60. The maximum atomic E-state index is 11.2. The van der Waals surface area contributed by atoms with Gasteiger partial charge in [-0.2, -0.15) is 0 Å². The number of halogens is 1. The van der Waals surface area contributed by atoms with Crippen LogP contribution in [-0.4, -0.2) is 9.97 Å². The zero-order valence-corrected chi connectivity index (χ0v) is 11.8. The molecule has 0 radical (unpaired) electrons. The van der Waals surface area contributed by atoms with Gasteiger partial charge in [0.1, 0.15) is 5.76 Å². The van der Waals surface area contributed by atoms with Crippen LogP contribution in [0, 0.1) is 6.92 Å². The van der Waals surface area contributed by atoms with Gasteiger partial charge in [-0.05, 0) is 46.6 Å². The number of rotatable bonds is 3. The van der Waals surface area contributed by atoms with E-state index in [4.69, 9.17) is 4.42 Å². The molecule has 2 aromatic heterocycles. The molecule has 0 saturated heterocycles. The fourth-order valence-electron chi connectivity index (χ4n) is 1.95. The summed E-state index contributed by atoms with van der Waals surface area (Å²) in [5.41, 5.74) is 3.35. The van der Waals surface area contributed by atoms with Crippen molar-refractivity contribution < 1.29 is 4.42 Å². The molecule has 0 atom stereocenters. The number of anilines is 1. The van der Waals surface area contributed by atoms with Gasteiger partial charge in [0.15, 0.2) is 0 Å². The zero-order chi connectivity index (χ0) is 13.4. The summed E-state index contributed by atoms with van der Waals surface area (Å²) in [5, 5.41) is 3.28. The second kappa shape index (κ2) is 4.62. The number of nitrogens with one attached hydrogen (secondary N) is 3. The lowest BCUT2D eigenvalue weighted by atomic mass is 10.2. The van der Waals surface area contributed by atoms with Gasteiger partial charge in [-0.15, -0.1) is 0 Å². The third-order valence-electron chi connectivity index (χ3n) is 3.01. The van der Waals surface area contributed by atoms with Crippen LogP contribution in [-0.2, 0) is 6.54 Å². The Morgan fingerprint density at radius 1 is 1.32 bits per heavy atom. The average Bonchev–Trinajstić information content (AvgIpc) is 2.91. The van der Waals surface area contributed by atoms with Crippen LogP contribution in [0.1, 0.15) is 11.3 Å². The van der Waals surface area contributed by atoms with Gasteiger partial charge in [-0.25, -0.2) is 4.79 Å². The Bertz CT molecular complexity index is 785. The van der Waals surface area contributed by atoms with Crippen LogP contribution >= 0.6 is 15.9 Å². The SMILES string of the molecule is Cc1ccoc1CNc1cc2[nH]c(=O)[nH]c2cc1Br. The van der Waals surface area contributed by atoms with Crippen molar-refractivity contribution in [2.24, 2.45) is 0 Å². The second-order valence-corrected chi connectivity index (χ2v) is 5.19. The number of hydrogen-bond acceptors (Lipinski definition) is 3. The van der Waals surface area contributed by atoms with E-state index in [1.165, 1.54) is 0 Å². The molecule has 0 saturated carbocycles. The van der Waals surface area contributed by atoms with E-state index < -0.39 is 0 Å². The normalized spacial score (nSPS) is 11.1. The van der Waals surface area contributed by atoms with Gasteiger partial charge in [0.05, 0.1) is 29.5 Å². The van der Waals surface area contributed by atoms with Gasteiger partial charge in [0, 0.05) is 4.47 Å². The Morgan fingerprint density at radius 2 is 2.05 bits per heavy atom. The van der Waals surface area contributed by atoms with Crippen molar-refractivity contribution in [3.05, 3.63) is 50.7 Å². The first kappa shape index (κ1) is 12.1. The van der Waals surface area contributed by atoms with Gasteiger partial charge in [0.25, 0.3) is 0 Å². The minimum atomic E-state index is -0.207. The van der Waals surface area contributed by atoms with Crippen LogP contribution in [0.3, 0.4) is 0 Å². The maximum absolute atomic E-state index is 11.2. The number of aryl methyl sites for hydroxylation is 1. The van der Waals surface area contributed by atoms with Crippen LogP contribution in [0.4, 0.5) is 5.69 Å². The van der Waals surface area contributed by atoms with Crippen molar-refractivity contribution in [1.29, 1.82) is 0 Å². The first-order chi connectivity index (χ1) is 9.13. The molecule has 3 rings (SSSR count). The third kappa shape index (κ3) is 2.31. The van der Waals surface area contributed by atoms with Crippen molar-refractivity contribution in [2.45, 2.75) is 13.5 Å². The number of aromatic amines is 2. The lowest BCUT2D eigenvalue weighted by Crippen LogP contribution is -2.00. The van der Waals surface area contributed by atoms with Crippen LogP contribution in [0.25, 0.3) is 11.0 Å². The molecule has 3 aromatic rings. The van der Waals surface area contributed by atoms with Crippen molar-refractivity contribution >= 4 is 32.7 Å². The maximum Gasteiger partial charge on any atom is 0.323 e. The molecule has 1 aromatic carbocycles. The summed E-state index contributed by atoms with van der Waals surface area (Å²) in [6, 6.07) is 5.68. The van der Waals surface area contributed by atoms with E-state index >= 15 is 0 Å². The fourth-order valence-corrected chi connectivity index (χ4v) is 2.44. The van der Waals surface area contributed by atoms with Gasteiger partial charge in [-0.1, -0.05) is 0 Å². The zero-order valence-electron chi connectivity index (χ0n) is 10.2. The van der Waals surface area contributed by atoms with E-state index in [0.29, 0.717) is 6.54 Å². The summed E-state index contributed by atoms with van der Waals surface area (Å²) in [4.78, 5) is 16.7. The van der Waals surface area contributed by atoms with Crippen LogP contribution < -0.4 is 11.0 Å². The lowest BCUT2D eigenvalue weighted by molar-refractivity contribution is 0.515. The highest BCUT2D eigenvalue weighted by atomic mass is 79.9. The predicted octanol–water partition coefficient (Wildman–Crippen LogP) is 3.13. The molecule has 19 heavy (non-hydrogen) atoms. The molecule has 3 N–H and O–H groups in total. The van der Waals surface area contributed by atoms with Gasteiger partial charge in [-0.3, -0.25) is 0 Å². The first-order valence-electron chi connectivity index (χ1n) is 5.82. The number of benzene rings is 1. The van der Waals surface area contributed by atoms with Gasteiger partial charge < -0.3 is 19.7 Å². The smallest absolute Gasteiger partial charge is 0.323 e. The monoisotopic (exact) mass is 321 g/mol. The molecule has 0 aliphatic rings. The third-order valence-corrected chi connectivity index (χ3v) is 3.67. The Kier molecular flexibility index (Phi) is 2.94. The van der Waals surface area contributed by atoms with E-state index in [1.807, 2.05) is 25.1 Å². The van der Waals surface area contributed by atoms with Crippen LogP contribution in [0.5, 0.6) is 0 Å². The number of imidazole rings is 1. The number of aromatic nitrogens is 2. The topological polar surface area (TPSA) is 73.8 Å². The second-order valence-electron chi connectivity index (χ2n) is 4.34. The number of fused-ring (bicyclic) bond motifs is 1. The summed E-state index contributed by atoms with van der Waals surface area (Å²) in [5.74, 6) is 0.898. The highest BCUT2D eigenvalue weighted by molar-refractivity contribution is 9.10. The van der Waals surface area contributed by atoms with Crippen molar-refractivity contribution in [2.75, 3.05) is 5.32 Å².